The summed E-state index contributed by atoms with van der Waals surface area (Å²) in [6, 6.07) is 20.3. The molecule has 0 heterocycles. The third-order valence-electron chi connectivity index (χ3n) is 7.25. The highest BCUT2D eigenvalue weighted by Crippen LogP contribution is 2.46. The maximum absolute atomic E-state index is 13.1. The van der Waals surface area contributed by atoms with Crippen LogP contribution in [-0.2, 0) is 29.6 Å². The molecule has 12 nitrogen and oxygen atoms in total. The zero-order valence-electron chi connectivity index (χ0n) is 25.3. The summed E-state index contributed by atoms with van der Waals surface area (Å²) in [7, 11) is -5.33. The van der Waals surface area contributed by atoms with Gasteiger partial charge >= 0.3 is 0 Å². The molecule has 1 saturated carbocycles. The lowest BCUT2D eigenvalue weighted by atomic mass is 10.2. The van der Waals surface area contributed by atoms with Gasteiger partial charge in [-0.2, -0.15) is 0 Å². The van der Waals surface area contributed by atoms with Crippen molar-refractivity contribution >= 4 is 77.8 Å². The predicted molar refractivity (Wildman–Crippen MR) is 184 cm³/mol. The highest BCUT2D eigenvalue weighted by Gasteiger charge is 2.52. The van der Waals surface area contributed by atoms with Gasteiger partial charge in [0.15, 0.2) is 0 Å². The number of sulfonamides is 2. The molecule has 1 fully saturated rings. The van der Waals surface area contributed by atoms with Gasteiger partial charge in [0.2, 0.25) is 11.8 Å². The number of rotatable bonds is 12. The van der Waals surface area contributed by atoms with E-state index >= 15 is 0 Å². The molecule has 1 aliphatic rings. The van der Waals surface area contributed by atoms with Crippen molar-refractivity contribution in [1.29, 1.82) is 0 Å². The second kappa shape index (κ2) is 13.8. The van der Waals surface area contributed by atoms with Gasteiger partial charge in [0, 0.05) is 22.7 Å². The molecule has 0 aliphatic heterocycles. The van der Waals surface area contributed by atoms with Crippen LogP contribution in [0.15, 0.2) is 107 Å². The number of anilines is 4. The van der Waals surface area contributed by atoms with Crippen LogP contribution in [0.1, 0.15) is 0 Å². The van der Waals surface area contributed by atoms with E-state index in [0.29, 0.717) is 17.1 Å². The number of hydrogen-bond acceptors (Lipinski definition) is 8. The van der Waals surface area contributed by atoms with Crippen LogP contribution in [0.5, 0.6) is 11.5 Å². The van der Waals surface area contributed by atoms with Crippen LogP contribution in [0.2, 0.25) is 10.0 Å². The van der Waals surface area contributed by atoms with Gasteiger partial charge in [0.05, 0.1) is 36.1 Å². The Hall–Kier alpha value is -4.76. The molecule has 5 rings (SSSR count). The Morgan fingerprint density at radius 2 is 0.938 bits per heavy atom. The van der Waals surface area contributed by atoms with E-state index in [1.807, 2.05) is 0 Å². The van der Waals surface area contributed by atoms with E-state index < -0.39 is 43.7 Å². The first-order chi connectivity index (χ1) is 22.7. The molecule has 0 unspecified atom stereocenters. The number of amides is 2. The third kappa shape index (κ3) is 7.68. The summed E-state index contributed by atoms with van der Waals surface area (Å²) < 4.78 is 67.4. The van der Waals surface area contributed by atoms with Gasteiger partial charge in [-0.05, 0) is 84.9 Å². The maximum atomic E-state index is 13.1. The van der Waals surface area contributed by atoms with Crippen molar-refractivity contribution in [3.8, 4) is 11.5 Å². The number of benzene rings is 4. The third-order valence-corrected chi connectivity index (χ3v) is 11.0. The first kappa shape index (κ1) is 34.6. The molecule has 1 aliphatic carbocycles. The van der Waals surface area contributed by atoms with E-state index in [1.165, 1.54) is 74.9 Å². The number of carbonyl (C=O) groups excluding carboxylic acids is 2. The minimum atomic E-state index is -4.15. The quantitative estimate of drug-likeness (QED) is 0.129. The summed E-state index contributed by atoms with van der Waals surface area (Å²) >= 11 is 12.4. The van der Waals surface area contributed by atoms with Crippen LogP contribution in [0.4, 0.5) is 22.7 Å². The Morgan fingerprint density at radius 1 is 0.604 bits per heavy atom. The lowest BCUT2D eigenvalue weighted by Crippen LogP contribution is -2.21. The van der Waals surface area contributed by atoms with Crippen molar-refractivity contribution < 1.29 is 35.9 Å². The van der Waals surface area contributed by atoms with Gasteiger partial charge in [-0.25, -0.2) is 16.8 Å². The van der Waals surface area contributed by atoms with Gasteiger partial charge in [-0.3, -0.25) is 19.0 Å². The van der Waals surface area contributed by atoms with Crippen LogP contribution in [-0.4, -0.2) is 42.9 Å². The number of methoxy groups -OCH3 is 2. The molecule has 0 radical (unpaired) electrons. The average Bonchev–Trinajstić information content (AvgIpc) is 3.74. The number of hydrogen-bond donors (Lipinski definition) is 4. The largest absolute Gasteiger partial charge is 0.497 e. The SMILES string of the molecule is C=C1[C@H](C(=O)Nc2ccc(Cl)c(S(=O)(=O)Nc3ccc(OC)cc3)c2)[C@@H]1C(=O)Nc1ccc(Cl)c(S(=O)(=O)Nc2ccc(OC)cc2)c1. The highest BCUT2D eigenvalue weighted by molar-refractivity contribution is 7.93. The van der Waals surface area contributed by atoms with Gasteiger partial charge in [-0.1, -0.05) is 35.4 Å². The molecule has 0 bridgehead atoms. The summed E-state index contributed by atoms with van der Waals surface area (Å²) in [4.78, 5) is 25.7. The number of carbonyl (C=O) groups is 2. The van der Waals surface area contributed by atoms with E-state index in [1.54, 1.807) is 24.3 Å². The van der Waals surface area contributed by atoms with Crippen molar-refractivity contribution in [3.63, 3.8) is 0 Å². The van der Waals surface area contributed by atoms with Gasteiger partial charge in [0.1, 0.15) is 21.3 Å². The molecular weight excluding hydrogens is 703 g/mol. The minimum Gasteiger partial charge on any atom is -0.497 e. The first-order valence-corrected chi connectivity index (χ1v) is 17.7. The van der Waals surface area contributed by atoms with Crippen LogP contribution in [0, 0.1) is 11.8 Å². The smallest absolute Gasteiger partial charge is 0.263 e. The fourth-order valence-corrected chi connectivity index (χ4v) is 7.88. The predicted octanol–water partition coefficient (Wildman–Crippen LogP) is 5.99. The summed E-state index contributed by atoms with van der Waals surface area (Å²) in [5.41, 5.74) is 1.09. The molecule has 0 spiro atoms. The molecule has 48 heavy (non-hydrogen) atoms. The summed E-state index contributed by atoms with van der Waals surface area (Å²) in [6.45, 7) is 3.82. The van der Waals surface area contributed by atoms with Gasteiger partial charge in [0.25, 0.3) is 20.0 Å². The zero-order chi connectivity index (χ0) is 34.8. The summed E-state index contributed by atoms with van der Waals surface area (Å²) in [6.07, 6.45) is 0. The van der Waals surface area contributed by atoms with Crippen molar-refractivity contribution in [2.75, 3.05) is 34.3 Å². The van der Waals surface area contributed by atoms with E-state index in [9.17, 15) is 26.4 Å². The van der Waals surface area contributed by atoms with Gasteiger partial charge < -0.3 is 20.1 Å². The molecule has 4 aromatic rings. The Bertz CT molecular complexity index is 1980. The Labute approximate surface area is 287 Å². The number of halogens is 2. The van der Waals surface area contributed by atoms with E-state index in [0.717, 1.165) is 0 Å². The monoisotopic (exact) mass is 730 g/mol. The van der Waals surface area contributed by atoms with Crippen molar-refractivity contribution in [3.05, 3.63) is 107 Å². The number of nitrogens with one attached hydrogen (secondary N) is 4. The maximum Gasteiger partial charge on any atom is 0.263 e. The molecular formula is C32H28Cl2N4O8S2. The molecule has 16 heteroatoms. The molecule has 0 saturated heterocycles. The van der Waals surface area contributed by atoms with Crippen molar-refractivity contribution in [1.82, 2.24) is 0 Å². The van der Waals surface area contributed by atoms with Crippen LogP contribution < -0.4 is 29.6 Å². The van der Waals surface area contributed by atoms with Crippen LogP contribution in [0.25, 0.3) is 0 Å². The average molecular weight is 732 g/mol. The first-order valence-electron chi connectivity index (χ1n) is 14.0. The lowest BCUT2D eigenvalue weighted by molar-refractivity contribution is -0.122. The fourth-order valence-electron chi connectivity index (χ4n) is 4.71. The Kier molecular flexibility index (Phi) is 9.91. The van der Waals surface area contributed by atoms with Crippen LogP contribution in [0.3, 0.4) is 0 Å². The molecule has 4 N–H and O–H groups in total. The number of ether oxygens (including phenoxy) is 2. The van der Waals surface area contributed by atoms with Gasteiger partial charge in [-0.15, -0.1) is 0 Å². The normalized spacial score (nSPS) is 15.6. The van der Waals surface area contributed by atoms with E-state index in [-0.39, 0.29) is 42.6 Å². The second-order valence-corrected chi connectivity index (χ2v) is 14.6. The molecule has 250 valence electrons. The lowest BCUT2D eigenvalue weighted by Gasteiger charge is -2.13. The Balaban J connectivity index is 1.25. The fraction of sp³-hybridized carbons (Fsp3) is 0.125. The van der Waals surface area contributed by atoms with Crippen LogP contribution >= 0.6 is 23.2 Å². The summed E-state index contributed by atoms with van der Waals surface area (Å²) in [5, 5.41) is 5.06. The standard InChI is InChI=1S/C32H28Cl2N4O8S2/c1-18-29(31(39)35-21-8-14-25(33)27(16-21)47(41,42)37-19-4-10-23(45-2)11-5-19)30(18)32(40)36-22-9-15-26(34)28(17-22)48(43,44)38-20-6-12-24(46-3)13-7-20/h4-17,29-30,37-38H,1H2,2-3H3,(H,35,39)(H,36,40)/t29-,30+. The van der Waals surface area contributed by atoms with Crippen molar-refractivity contribution in [2.24, 2.45) is 11.8 Å². The zero-order valence-corrected chi connectivity index (χ0v) is 28.4. The topological polar surface area (TPSA) is 169 Å². The molecule has 2 amide bonds. The minimum absolute atomic E-state index is 0.0781. The molecule has 2 atom stereocenters. The second-order valence-electron chi connectivity index (χ2n) is 10.5. The van der Waals surface area contributed by atoms with E-state index in [4.69, 9.17) is 32.7 Å². The summed E-state index contributed by atoms with van der Waals surface area (Å²) in [5.74, 6) is -1.97. The highest BCUT2D eigenvalue weighted by atomic mass is 35.5. The van der Waals surface area contributed by atoms with E-state index in [2.05, 4.69) is 26.7 Å². The van der Waals surface area contributed by atoms with Crippen molar-refractivity contribution in [2.45, 2.75) is 9.79 Å². The molecule has 0 aromatic heterocycles. The Morgan fingerprint density at radius 3 is 1.27 bits per heavy atom. The molecule has 4 aromatic carbocycles.